The third-order valence-corrected chi connectivity index (χ3v) is 4.29. The molecule has 0 amide bonds. The number of nitrogens with one attached hydrogen (secondary N) is 1. The molecule has 0 bridgehead atoms. The highest BCUT2D eigenvalue weighted by Gasteiger charge is 2.27. The molecule has 0 fully saturated rings. The van der Waals surface area contributed by atoms with Crippen LogP contribution in [0.25, 0.3) is 5.70 Å². The topological polar surface area (TPSA) is 12.0 Å². The van der Waals surface area contributed by atoms with Crippen molar-refractivity contribution in [3.05, 3.63) is 41.0 Å². The van der Waals surface area contributed by atoms with Crippen LogP contribution in [0, 0.1) is 0 Å². The van der Waals surface area contributed by atoms with Gasteiger partial charge in [-0.1, -0.05) is 67.5 Å². The summed E-state index contributed by atoms with van der Waals surface area (Å²) in [7, 11) is 1.96. The number of rotatable bonds is 5. The lowest BCUT2D eigenvalue weighted by molar-refractivity contribution is 0.529. The molecule has 0 aliphatic rings. The maximum atomic E-state index is 4.22. The van der Waals surface area contributed by atoms with Gasteiger partial charge in [0.15, 0.2) is 0 Å². The Morgan fingerprint density at radius 3 is 1.91 bits per heavy atom. The summed E-state index contributed by atoms with van der Waals surface area (Å²) in [5.74, 6) is 0. The predicted molar refractivity (Wildman–Crippen MR) is 101 cm³/mol. The van der Waals surface area contributed by atoms with Gasteiger partial charge in [0.05, 0.1) is 0 Å². The average Bonchev–Trinajstić information content (AvgIpc) is 2.41. The number of unbranched alkanes of at least 4 members (excludes halogenated alkanes) is 1. The first-order chi connectivity index (χ1) is 10.0. The molecule has 0 aromatic heterocycles. The van der Waals surface area contributed by atoms with Crippen LogP contribution < -0.4 is 5.32 Å². The van der Waals surface area contributed by atoms with Crippen molar-refractivity contribution < 1.29 is 0 Å². The molecule has 0 saturated carbocycles. The van der Waals surface area contributed by atoms with Crippen molar-refractivity contribution in [1.29, 1.82) is 0 Å². The predicted octanol–water partition coefficient (Wildman–Crippen LogP) is 5.81. The summed E-state index contributed by atoms with van der Waals surface area (Å²) in [5, 5.41) is 3.24. The first-order valence-corrected chi connectivity index (χ1v) is 8.57. The fourth-order valence-electron chi connectivity index (χ4n) is 2.88. The Morgan fingerprint density at radius 1 is 1.00 bits per heavy atom. The SMILES string of the molecule is C=C(NC)c1cc(C(C)(C)C)c(C(C)(C)C)cc1CCCC. The van der Waals surface area contributed by atoms with Crippen LogP contribution in [-0.2, 0) is 17.3 Å². The van der Waals surface area contributed by atoms with E-state index >= 15 is 0 Å². The third kappa shape index (κ3) is 4.38. The van der Waals surface area contributed by atoms with Crippen molar-refractivity contribution in [2.75, 3.05) is 7.05 Å². The lowest BCUT2D eigenvalue weighted by Crippen LogP contribution is -2.23. The standard InChI is InChI=1S/C21H35N/c1-10-11-12-16-13-18(20(3,4)5)19(21(6,7)8)14-17(16)15(2)22-9/h13-14,22H,2,10-12H2,1,3-9H3. The third-order valence-electron chi connectivity index (χ3n) is 4.29. The van der Waals surface area contributed by atoms with E-state index < -0.39 is 0 Å². The Labute approximate surface area is 138 Å². The molecular formula is C21H35N. The Morgan fingerprint density at radius 2 is 1.50 bits per heavy atom. The zero-order valence-corrected chi connectivity index (χ0v) is 16.0. The summed E-state index contributed by atoms with van der Waals surface area (Å²) < 4.78 is 0. The minimum Gasteiger partial charge on any atom is -0.388 e. The van der Waals surface area contributed by atoms with Crippen LogP contribution in [0.3, 0.4) is 0 Å². The summed E-state index contributed by atoms with van der Waals surface area (Å²) in [6.07, 6.45) is 3.57. The van der Waals surface area contributed by atoms with Crippen LogP contribution >= 0.6 is 0 Å². The van der Waals surface area contributed by atoms with Crippen molar-refractivity contribution in [1.82, 2.24) is 5.32 Å². The second kappa shape index (κ2) is 6.89. The summed E-state index contributed by atoms with van der Waals surface area (Å²) in [4.78, 5) is 0. The molecule has 1 aromatic rings. The van der Waals surface area contributed by atoms with E-state index in [1.165, 1.54) is 35.1 Å². The Hall–Kier alpha value is -1.24. The molecule has 1 rings (SSSR count). The summed E-state index contributed by atoms with van der Waals surface area (Å²) >= 11 is 0. The molecule has 0 heterocycles. The van der Waals surface area contributed by atoms with Gasteiger partial charge in [0.2, 0.25) is 0 Å². The first kappa shape index (κ1) is 18.8. The van der Waals surface area contributed by atoms with Crippen LogP contribution in [0.15, 0.2) is 18.7 Å². The van der Waals surface area contributed by atoms with Gasteiger partial charge in [0.25, 0.3) is 0 Å². The van der Waals surface area contributed by atoms with Gasteiger partial charge in [0, 0.05) is 18.3 Å². The Balaban J connectivity index is 3.60. The zero-order chi connectivity index (χ0) is 17.1. The Kier molecular flexibility index (Phi) is 5.89. The van der Waals surface area contributed by atoms with Crippen LogP contribution in [0.2, 0.25) is 0 Å². The van der Waals surface area contributed by atoms with E-state index in [1.807, 2.05) is 7.05 Å². The summed E-state index contributed by atoms with van der Waals surface area (Å²) in [6.45, 7) is 20.3. The minimum absolute atomic E-state index is 0.134. The van der Waals surface area contributed by atoms with E-state index in [2.05, 4.69) is 72.5 Å². The van der Waals surface area contributed by atoms with E-state index in [9.17, 15) is 0 Å². The van der Waals surface area contributed by atoms with Crippen LogP contribution in [0.4, 0.5) is 0 Å². The molecule has 0 atom stereocenters. The minimum atomic E-state index is 0.134. The van der Waals surface area contributed by atoms with Crippen LogP contribution in [0.1, 0.15) is 83.6 Å². The van der Waals surface area contributed by atoms with Gasteiger partial charge < -0.3 is 5.32 Å². The lowest BCUT2D eigenvalue weighted by Gasteiger charge is -2.32. The van der Waals surface area contributed by atoms with E-state index in [0.29, 0.717) is 0 Å². The van der Waals surface area contributed by atoms with Crippen molar-refractivity contribution in [3.8, 4) is 0 Å². The first-order valence-electron chi connectivity index (χ1n) is 8.57. The highest BCUT2D eigenvalue weighted by molar-refractivity contribution is 5.67. The largest absolute Gasteiger partial charge is 0.388 e. The number of hydrogen-bond acceptors (Lipinski definition) is 1. The number of benzene rings is 1. The van der Waals surface area contributed by atoms with Crippen molar-refractivity contribution >= 4 is 5.70 Å². The van der Waals surface area contributed by atoms with Gasteiger partial charge in [-0.2, -0.15) is 0 Å². The second-order valence-corrected chi connectivity index (χ2v) is 8.39. The van der Waals surface area contributed by atoms with Crippen molar-refractivity contribution in [2.24, 2.45) is 0 Å². The Bertz CT molecular complexity index is 524. The molecule has 124 valence electrons. The maximum absolute atomic E-state index is 4.22. The molecule has 0 spiro atoms. The van der Waals surface area contributed by atoms with Crippen molar-refractivity contribution in [2.45, 2.75) is 78.6 Å². The fourth-order valence-corrected chi connectivity index (χ4v) is 2.88. The van der Waals surface area contributed by atoms with Crippen LogP contribution in [-0.4, -0.2) is 7.05 Å². The molecule has 0 aliphatic carbocycles. The normalized spacial score (nSPS) is 12.4. The molecule has 1 N–H and O–H groups in total. The average molecular weight is 302 g/mol. The summed E-state index contributed by atoms with van der Waals surface area (Å²) in [6, 6.07) is 4.82. The van der Waals surface area contributed by atoms with E-state index in [-0.39, 0.29) is 10.8 Å². The molecule has 0 unspecified atom stereocenters. The smallest absolute Gasteiger partial charge is 0.0341 e. The highest BCUT2D eigenvalue weighted by atomic mass is 14.8. The quantitative estimate of drug-likeness (QED) is 0.723. The van der Waals surface area contributed by atoms with E-state index in [0.717, 1.165) is 12.1 Å². The number of hydrogen-bond donors (Lipinski definition) is 1. The van der Waals surface area contributed by atoms with Crippen molar-refractivity contribution in [3.63, 3.8) is 0 Å². The molecule has 1 nitrogen and oxygen atoms in total. The maximum Gasteiger partial charge on any atom is 0.0341 e. The van der Waals surface area contributed by atoms with Gasteiger partial charge in [-0.05, 0) is 46.4 Å². The lowest BCUT2D eigenvalue weighted by atomic mass is 9.73. The highest BCUT2D eigenvalue weighted by Crippen LogP contribution is 2.37. The molecule has 0 saturated heterocycles. The molecule has 22 heavy (non-hydrogen) atoms. The monoisotopic (exact) mass is 301 g/mol. The summed E-state index contributed by atoms with van der Waals surface area (Å²) in [5.41, 5.74) is 6.94. The zero-order valence-electron chi connectivity index (χ0n) is 16.0. The van der Waals surface area contributed by atoms with Gasteiger partial charge in [0.1, 0.15) is 0 Å². The fraction of sp³-hybridized carbons (Fsp3) is 0.619. The second-order valence-electron chi connectivity index (χ2n) is 8.39. The van der Waals surface area contributed by atoms with Gasteiger partial charge in [-0.15, -0.1) is 0 Å². The van der Waals surface area contributed by atoms with E-state index in [4.69, 9.17) is 0 Å². The van der Waals surface area contributed by atoms with E-state index in [1.54, 1.807) is 0 Å². The van der Waals surface area contributed by atoms with Crippen LogP contribution in [0.5, 0.6) is 0 Å². The molecule has 0 aliphatic heterocycles. The van der Waals surface area contributed by atoms with Gasteiger partial charge >= 0.3 is 0 Å². The molecule has 0 radical (unpaired) electrons. The van der Waals surface area contributed by atoms with Gasteiger partial charge in [-0.25, -0.2) is 0 Å². The molecule has 1 heteroatoms. The van der Waals surface area contributed by atoms with Gasteiger partial charge in [-0.3, -0.25) is 0 Å². The molecular weight excluding hydrogens is 266 g/mol. The number of aryl methyl sites for hydroxylation is 1. The molecule has 1 aromatic carbocycles.